The maximum absolute atomic E-state index is 12.8. The molecule has 6 nitrogen and oxygen atoms in total. The van der Waals surface area contributed by atoms with Gasteiger partial charge in [-0.3, -0.25) is 24.2 Å². The molecule has 1 aromatic carbocycles. The third kappa shape index (κ3) is 3.39. The van der Waals surface area contributed by atoms with Crippen molar-refractivity contribution in [3.63, 3.8) is 0 Å². The molecule has 4 aliphatic rings. The lowest BCUT2D eigenvalue weighted by molar-refractivity contribution is -0.141. The lowest BCUT2D eigenvalue weighted by Crippen LogP contribution is -2.50. The lowest BCUT2D eigenvalue weighted by Gasteiger charge is -2.34. The van der Waals surface area contributed by atoms with E-state index in [1.807, 2.05) is 41.3 Å². The van der Waals surface area contributed by atoms with Crippen LogP contribution < -0.4 is 0 Å². The van der Waals surface area contributed by atoms with Crippen LogP contribution in [0.15, 0.2) is 48.6 Å². The largest absolute Gasteiger partial charge is 0.337 e. The molecule has 4 atom stereocenters. The number of piperazine rings is 1. The maximum Gasteiger partial charge on any atom is 0.246 e. The van der Waals surface area contributed by atoms with Crippen LogP contribution in [0.3, 0.4) is 0 Å². The van der Waals surface area contributed by atoms with Gasteiger partial charge in [-0.25, -0.2) is 0 Å². The van der Waals surface area contributed by atoms with Crippen molar-refractivity contribution in [2.75, 3.05) is 39.3 Å². The van der Waals surface area contributed by atoms with Crippen LogP contribution in [-0.2, 0) is 14.4 Å². The molecule has 0 unspecified atom stereocenters. The summed E-state index contributed by atoms with van der Waals surface area (Å²) in [5.41, 5.74) is 1.01. The number of benzene rings is 1. The standard InChI is InChI=1S/C24H27N3O3/c28-20(9-6-17-4-2-1-3-5-17)26-13-10-25(11-14-26)12-15-27-23(29)21-18-7-8-19(16-18)22(21)24(27)30/h1-9,18-19,21-22H,10-16H2/b9-6+/t18-,19-,21-,22-/m0/s1. The Kier molecular flexibility index (Phi) is 5.03. The first-order valence-corrected chi connectivity index (χ1v) is 10.9. The topological polar surface area (TPSA) is 60.9 Å². The Bertz CT molecular complexity index is 872. The number of rotatable bonds is 5. The van der Waals surface area contributed by atoms with E-state index in [4.69, 9.17) is 0 Å². The smallest absolute Gasteiger partial charge is 0.246 e. The Morgan fingerprint density at radius 3 is 2.17 bits per heavy atom. The molecule has 3 fully saturated rings. The summed E-state index contributed by atoms with van der Waals surface area (Å²) in [7, 11) is 0. The molecule has 30 heavy (non-hydrogen) atoms. The van der Waals surface area contributed by atoms with Crippen molar-refractivity contribution < 1.29 is 14.4 Å². The molecule has 6 heteroatoms. The van der Waals surface area contributed by atoms with Crippen molar-refractivity contribution in [1.29, 1.82) is 0 Å². The number of imide groups is 1. The molecule has 0 spiro atoms. The molecule has 2 bridgehead atoms. The molecule has 0 N–H and O–H groups in total. The minimum absolute atomic E-state index is 0.0270. The van der Waals surface area contributed by atoms with E-state index in [2.05, 4.69) is 17.1 Å². The Hall–Kier alpha value is -2.73. The summed E-state index contributed by atoms with van der Waals surface area (Å²) in [4.78, 5) is 43.6. The van der Waals surface area contributed by atoms with Gasteiger partial charge in [-0.2, -0.15) is 0 Å². The highest BCUT2D eigenvalue weighted by atomic mass is 16.2. The van der Waals surface area contributed by atoms with Crippen molar-refractivity contribution in [2.45, 2.75) is 6.42 Å². The zero-order valence-electron chi connectivity index (χ0n) is 17.0. The van der Waals surface area contributed by atoms with E-state index < -0.39 is 0 Å². The van der Waals surface area contributed by atoms with Gasteiger partial charge in [0.15, 0.2) is 0 Å². The van der Waals surface area contributed by atoms with Gasteiger partial charge in [0.05, 0.1) is 11.8 Å². The molecule has 1 aromatic rings. The average Bonchev–Trinajstić information content (AvgIpc) is 3.46. The summed E-state index contributed by atoms with van der Waals surface area (Å²) in [6, 6.07) is 9.80. The molecule has 2 saturated heterocycles. The third-order valence-corrected chi connectivity index (χ3v) is 7.10. The van der Waals surface area contributed by atoms with Gasteiger partial charge < -0.3 is 4.90 Å². The van der Waals surface area contributed by atoms with E-state index in [9.17, 15) is 14.4 Å². The summed E-state index contributed by atoms with van der Waals surface area (Å²) in [6.07, 6.45) is 8.70. The first-order chi connectivity index (χ1) is 14.6. The van der Waals surface area contributed by atoms with Crippen LogP contribution in [0.25, 0.3) is 6.08 Å². The first-order valence-electron chi connectivity index (χ1n) is 10.9. The van der Waals surface area contributed by atoms with E-state index in [1.165, 1.54) is 4.90 Å². The quantitative estimate of drug-likeness (QED) is 0.425. The lowest BCUT2D eigenvalue weighted by atomic mass is 9.85. The summed E-state index contributed by atoms with van der Waals surface area (Å²) in [5, 5.41) is 0. The second kappa shape index (κ2) is 7.84. The van der Waals surface area contributed by atoms with E-state index in [1.54, 1.807) is 6.08 Å². The van der Waals surface area contributed by atoms with E-state index in [-0.39, 0.29) is 41.4 Å². The highest BCUT2D eigenvalue weighted by Crippen LogP contribution is 2.52. The molecule has 156 valence electrons. The van der Waals surface area contributed by atoms with Crippen LogP contribution in [0.4, 0.5) is 0 Å². The van der Waals surface area contributed by atoms with Gasteiger partial charge in [0.2, 0.25) is 17.7 Å². The Balaban J connectivity index is 1.10. The molecule has 2 heterocycles. The fourth-order valence-corrected chi connectivity index (χ4v) is 5.45. The SMILES string of the molecule is O=C(/C=C/c1ccccc1)N1CCN(CCN2C(=O)[C@@H]3[C@@H](C2=O)[C@H]2C=C[C@H]3C2)CC1. The highest BCUT2D eigenvalue weighted by Gasteiger charge is 2.59. The van der Waals surface area contributed by atoms with Gasteiger partial charge in [0.1, 0.15) is 0 Å². The predicted molar refractivity (Wildman–Crippen MR) is 113 cm³/mol. The van der Waals surface area contributed by atoms with Gasteiger partial charge in [-0.05, 0) is 29.9 Å². The summed E-state index contributed by atoms with van der Waals surface area (Å²) in [5.74, 6) is 0.388. The normalized spacial score (nSPS) is 30.7. The number of hydrogen-bond donors (Lipinski definition) is 0. The van der Waals surface area contributed by atoms with Crippen LogP contribution in [0.5, 0.6) is 0 Å². The summed E-state index contributed by atoms with van der Waals surface area (Å²) < 4.78 is 0. The van der Waals surface area contributed by atoms with Crippen LogP contribution in [-0.4, -0.2) is 71.7 Å². The molecular weight excluding hydrogens is 378 g/mol. The van der Waals surface area contributed by atoms with Gasteiger partial charge in [0.25, 0.3) is 0 Å². The molecule has 2 aliphatic carbocycles. The zero-order valence-corrected chi connectivity index (χ0v) is 17.0. The fourth-order valence-electron chi connectivity index (χ4n) is 5.45. The second-order valence-electron chi connectivity index (χ2n) is 8.74. The van der Waals surface area contributed by atoms with E-state index in [0.717, 1.165) is 25.1 Å². The molecular formula is C24H27N3O3. The Labute approximate surface area is 176 Å². The van der Waals surface area contributed by atoms with Crippen molar-refractivity contribution in [3.8, 4) is 0 Å². The van der Waals surface area contributed by atoms with E-state index >= 15 is 0 Å². The minimum Gasteiger partial charge on any atom is -0.337 e. The van der Waals surface area contributed by atoms with Gasteiger partial charge in [0, 0.05) is 45.3 Å². The first kappa shape index (κ1) is 19.2. The molecule has 2 aliphatic heterocycles. The monoisotopic (exact) mass is 405 g/mol. The van der Waals surface area contributed by atoms with Crippen LogP contribution >= 0.6 is 0 Å². The minimum atomic E-state index is -0.113. The predicted octanol–water partition coefficient (Wildman–Crippen LogP) is 1.65. The number of allylic oxidation sites excluding steroid dienone is 2. The maximum atomic E-state index is 12.8. The molecule has 0 radical (unpaired) electrons. The number of carbonyl (C=O) groups is 3. The van der Waals surface area contributed by atoms with Gasteiger partial charge >= 0.3 is 0 Å². The average molecular weight is 405 g/mol. The number of fused-ring (bicyclic) bond motifs is 5. The zero-order chi connectivity index (χ0) is 20.7. The van der Waals surface area contributed by atoms with Gasteiger partial charge in [-0.1, -0.05) is 42.5 Å². The molecule has 1 saturated carbocycles. The second-order valence-corrected chi connectivity index (χ2v) is 8.74. The third-order valence-electron chi connectivity index (χ3n) is 7.10. The molecule has 5 rings (SSSR count). The Morgan fingerprint density at radius 2 is 1.53 bits per heavy atom. The fraction of sp³-hybridized carbons (Fsp3) is 0.458. The number of nitrogens with zero attached hydrogens (tertiary/aromatic N) is 3. The van der Waals surface area contributed by atoms with E-state index in [0.29, 0.717) is 26.2 Å². The van der Waals surface area contributed by atoms with Crippen molar-refractivity contribution in [2.24, 2.45) is 23.7 Å². The molecule has 3 amide bonds. The Morgan fingerprint density at radius 1 is 0.900 bits per heavy atom. The van der Waals surface area contributed by atoms with Crippen LogP contribution in [0.2, 0.25) is 0 Å². The summed E-state index contributed by atoms with van der Waals surface area (Å²) in [6.45, 7) is 4.01. The van der Waals surface area contributed by atoms with Crippen molar-refractivity contribution in [3.05, 3.63) is 54.1 Å². The van der Waals surface area contributed by atoms with Gasteiger partial charge in [-0.15, -0.1) is 0 Å². The summed E-state index contributed by atoms with van der Waals surface area (Å²) >= 11 is 0. The van der Waals surface area contributed by atoms with Crippen molar-refractivity contribution in [1.82, 2.24) is 14.7 Å². The molecule has 0 aromatic heterocycles. The number of hydrogen-bond acceptors (Lipinski definition) is 4. The van der Waals surface area contributed by atoms with Crippen LogP contribution in [0, 0.1) is 23.7 Å². The highest BCUT2D eigenvalue weighted by molar-refractivity contribution is 6.06. The van der Waals surface area contributed by atoms with Crippen LogP contribution in [0.1, 0.15) is 12.0 Å². The number of likely N-dealkylation sites (tertiary alicyclic amines) is 1. The number of carbonyl (C=O) groups excluding carboxylic acids is 3. The number of amides is 3. The van der Waals surface area contributed by atoms with Crippen molar-refractivity contribution >= 4 is 23.8 Å².